The van der Waals surface area contributed by atoms with Gasteiger partial charge in [0, 0.05) is 16.6 Å². The molecule has 134 valence electrons. The van der Waals surface area contributed by atoms with E-state index in [-0.39, 0.29) is 5.91 Å². The molecule has 3 aromatic rings. The normalized spacial score (nSPS) is 10.5. The molecule has 1 N–H and O–H groups in total. The Labute approximate surface area is 156 Å². The quantitative estimate of drug-likeness (QED) is 0.709. The molecule has 1 heterocycles. The molecule has 0 unspecified atom stereocenters. The Morgan fingerprint density at radius 2 is 1.77 bits per heavy atom. The molecule has 0 saturated heterocycles. The molecule has 1 aromatic heterocycles. The molecule has 0 aliphatic heterocycles. The van der Waals surface area contributed by atoms with E-state index < -0.39 is 0 Å². The first-order valence-corrected chi connectivity index (χ1v) is 8.96. The molecular weight excluding hydrogens is 348 g/mol. The lowest BCUT2D eigenvalue weighted by Crippen LogP contribution is -2.12. The van der Waals surface area contributed by atoms with E-state index in [4.69, 9.17) is 9.47 Å². The molecule has 0 aliphatic carbocycles. The van der Waals surface area contributed by atoms with Gasteiger partial charge in [0.05, 0.1) is 14.2 Å². The topological polar surface area (TPSA) is 60.5 Å². The third-order valence-electron chi connectivity index (χ3n) is 4.13. The lowest BCUT2D eigenvalue weighted by atomic mass is 10.1. The Morgan fingerprint density at radius 1 is 1.00 bits per heavy atom. The molecule has 5 nitrogen and oxygen atoms in total. The van der Waals surface area contributed by atoms with Gasteiger partial charge in [0.1, 0.15) is 10.7 Å². The Balaban J connectivity index is 1.80. The van der Waals surface area contributed by atoms with Crippen molar-refractivity contribution in [1.29, 1.82) is 0 Å². The van der Waals surface area contributed by atoms with Crippen molar-refractivity contribution in [3.05, 3.63) is 58.6 Å². The fourth-order valence-corrected chi connectivity index (χ4v) is 3.29. The molecule has 26 heavy (non-hydrogen) atoms. The number of amides is 1. The summed E-state index contributed by atoms with van der Waals surface area (Å²) in [5.41, 5.74) is 4.34. The highest BCUT2D eigenvalue weighted by molar-refractivity contribution is 7.13. The van der Waals surface area contributed by atoms with Gasteiger partial charge in [-0.3, -0.25) is 4.79 Å². The molecule has 0 saturated carbocycles. The van der Waals surface area contributed by atoms with Crippen molar-refractivity contribution in [2.75, 3.05) is 19.5 Å². The molecule has 0 atom stereocenters. The maximum Gasteiger partial charge on any atom is 0.275 e. The van der Waals surface area contributed by atoms with Gasteiger partial charge < -0.3 is 14.8 Å². The van der Waals surface area contributed by atoms with Crippen molar-refractivity contribution < 1.29 is 14.3 Å². The summed E-state index contributed by atoms with van der Waals surface area (Å²) in [6.45, 7) is 4.06. The van der Waals surface area contributed by atoms with Gasteiger partial charge >= 0.3 is 0 Å². The summed E-state index contributed by atoms with van der Waals surface area (Å²) in [6.07, 6.45) is 0. The third-order valence-corrected chi connectivity index (χ3v) is 5.02. The van der Waals surface area contributed by atoms with Crippen LogP contribution in [-0.2, 0) is 0 Å². The van der Waals surface area contributed by atoms with E-state index in [2.05, 4.69) is 10.3 Å². The minimum atomic E-state index is -0.226. The zero-order chi connectivity index (χ0) is 18.7. The number of nitrogens with zero attached hydrogens (tertiary/aromatic N) is 1. The van der Waals surface area contributed by atoms with Crippen LogP contribution in [0.1, 0.15) is 21.6 Å². The maximum atomic E-state index is 12.5. The van der Waals surface area contributed by atoms with Gasteiger partial charge in [-0.1, -0.05) is 6.07 Å². The van der Waals surface area contributed by atoms with Crippen LogP contribution in [0.25, 0.3) is 10.6 Å². The van der Waals surface area contributed by atoms with Crippen LogP contribution in [0, 0.1) is 13.8 Å². The van der Waals surface area contributed by atoms with Crippen molar-refractivity contribution in [1.82, 2.24) is 4.98 Å². The molecule has 0 radical (unpaired) electrons. The number of aryl methyl sites for hydroxylation is 2. The van der Waals surface area contributed by atoms with Gasteiger partial charge in [-0.15, -0.1) is 11.3 Å². The first-order chi connectivity index (χ1) is 12.5. The van der Waals surface area contributed by atoms with Gasteiger partial charge in [0.25, 0.3) is 5.91 Å². The summed E-state index contributed by atoms with van der Waals surface area (Å²) < 4.78 is 10.6. The molecule has 0 aliphatic rings. The summed E-state index contributed by atoms with van der Waals surface area (Å²) in [6, 6.07) is 11.4. The lowest BCUT2D eigenvalue weighted by molar-refractivity contribution is 0.102. The van der Waals surface area contributed by atoms with Crippen LogP contribution in [0.5, 0.6) is 11.5 Å². The summed E-state index contributed by atoms with van der Waals surface area (Å²) in [5.74, 6) is 1.05. The Morgan fingerprint density at radius 3 is 2.46 bits per heavy atom. The third kappa shape index (κ3) is 3.70. The Kier molecular flexibility index (Phi) is 5.23. The molecule has 1 amide bonds. The number of rotatable bonds is 5. The van der Waals surface area contributed by atoms with Gasteiger partial charge in [-0.2, -0.15) is 0 Å². The van der Waals surface area contributed by atoms with Crippen LogP contribution in [0.15, 0.2) is 41.8 Å². The largest absolute Gasteiger partial charge is 0.493 e. The monoisotopic (exact) mass is 368 g/mol. The van der Waals surface area contributed by atoms with Crippen molar-refractivity contribution in [2.24, 2.45) is 0 Å². The highest BCUT2D eigenvalue weighted by Crippen LogP contribution is 2.33. The maximum absolute atomic E-state index is 12.5. The predicted octanol–water partition coefficient (Wildman–Crippen LogP) is 4.70. The van der Waals surface area contributed by atoms with E-state index in [0.717, 1.165) is 21.8 Å². The number of hydrogen-bond donors (Lipinski definition) is 1. The summed E-state index contributed by atoms with van der Waals surface area (Å²) in [4.78, 5) is 16.9. The summed E-state index contributed by atoms with van der Waals surface area (Å²) in [7, 11) is 3.18. The first-order valence-electron chi connectivity index (χ1n) is 8.08. The number of carbonyl (C=O) groups excluding carboxylic acids is 1. The fraction of sp³-hybridized carbons (Fsp3) is 0.200. The van der Waals surface area contributed by atoms with Crippen molar-refractivity contribution >= 4 is 22.9 Å². The van der Waals surface area contributed by atoms with E-state index in [9.17, 15) is 4.79 Å². The Hall–Kier alpha value is -2.86. The smallest absolute Gasteiger partial charge is 0.275 e. The number of benzene rings is 2. The van der Waals surface area contributed by atoms with E-state index in [1.54, 1.807) is 19.6 Å². The second-order valence-electron chi connectivity index (χ2n) is 5.86. The summed E-state index contributed by atoms with van der Waals surface area (Å²) >= 11 is 1.41. The minimum absolute atomic E-state index is 0.226. The van der Waals surface area contributed by atoms with E-state index in [1.165, 1.54) is 16.9 Å². The second kappa shape index (κ2) is 7.58. The van der Waals surface area contributed by atoms with E-state index >= 15 is 0 Å². The molecule has 0 spiro atoms. The minimum Gasteiger partial charge on any atom is -0.493 e. The van der Waals surface area contributed by atoms with E-state index in [1.807, 2.05) is 50.2 Å². The number of aromatic nitrogens is 1. The molecule has 2 aromatic carbocycles. The van der Waals surface area contributed by atoms with Crippen LogP contribution in [0.2, 0.25) is 0 Å². The van der Waals surface area contributed by atoms with Gasteiger partial charge in [-0.05, 0) is 55.3 Å². The number of ether oxygens (including phenoxy) is 2. The number of thiazole rings is 1. The number of carbonyl (C=O) groups is 1. The second-order valence-corrected chi connectivity index (χ2v) is 6.72. The van der Waals surface area contributed by atoms with E-state index in [0.29, 0.717) is 17.2 Å². The average Bonchev–Trinajstić information content (AvgIpc) is 3.14. The van der Waals surface area contributed by atoms with Crippen molar-refractivity contribution in [3.63, 3.8) is 0 Å². The van der Waals surface area contributed by atoms with Crippen LogP contribution in [0.3, 0.4) is 0 Å². The number of methoxy groups -OCH3 is 2. The predicted molar refractivity (Wildman–Crippen MR) is 105 cm³/mol. The molecular formula is C20H20N2O3S. The SMILES string of the molecule is COc1ccc(-c2nc(C(=O)Nc3ccc(C)c(C)c3)cs2)cc1OC. The van der Waals surface area contributed by atoms with Crippen molar-refractivity contribution in [3.8, 4) is 22.1 Å². The molecule has 0 bridgehead atoms. The highest BCUT2D eigenvalue weighted by atomic mass is 32.1. The summed E-state index contributed by atoms with van der Waals surface area (Å²) in [5, 5.41) is 5.39. The zero-order valence-corrected chi connectivity index (χ0v) is 15.9. The van der Waals surface area contributed by atoms with Gasteiger partial charge in [-0.25, -0.2) is 4.98 Å². The van der Waals surface area contributed by atoms with Crippen LogP contribution in [0.4, 0.5) is 5.69 Å². The van der Waals surface area contributed by atoms with Gasteiger partial charge in [0.15, 0.2) is 11.5 Å². The molecule has 3 rings (SSSR count). The average molecular weight is 368 g/mol. The number of anilines is 1. The number of nitrogens with one attached hydrogen (secondary N) is 1. The van der Waals surface area contributed by atoms with Gasteiger partial charge in [0.2, 0.25) is 0 Å². The van der Waals surface area contributed by atoms with Crippen LogP contribution in [-0.4, -0.2) is 25.1 Å². The molecule has 6 heteroatoms. The number of hydrogen-bond acceptors (Lipinski definition) is 5. The van der Waals surface area contributed by atoms with Crippen LogP contribution >= 0.6 is 11.3 Å². The Bertz CT molecular complexity index is 950. The molecule has 0 fully saturated rings. The van der Waals surface area contributed by atoms with Crippen LogP contribution < -0.4 is 14.8 Å². The zero-order valence-electron chi connectivity index (χ0n) is 15.1. The fourth-order valence-electron chi connectivity index (χ4n) is 2.49. The highest BCUT2D eigenvalue weighted by Gasteiger charge is 2.14. The lowest BCUT2D eigenvalue weighted by Gasteiger charge is -2.08. The van der Waals surface area contributed by atoms with Crippen molar-refractivity contribution in [2.45, 2.75) is 13.8 Å². The standard InChI is InChI=1S/C20H20N2O3S/c1-12-5-7-15(9-13(12)2)21-19(23)16-11-26-20(22-16)14-6-8-17(24-3)18(10-14)25-4/h5-11H,1-4H3,(H,21,23). The first kappa shape index (κ1) is 17.9.